The van der Waals surface area contributed by atoms with E-state index in [1.807, 2.05) is 12.1 Å². The van der Waals surface area contributed by atoms with Gasteiger partial charge in [-0.3, -0.25) is 4.98 Å². The Bertz CT molecular complexity index is 1130. The third-order valence-electron chi connectivity index (χ3n) is 5.72. The molecule has 152 valence electrons. The van der Waals surface area contributed by atoms with Crippen LogP contribution in [0.5, 0.6) is 0 Å². The number of nitrogens with one attached hydrogen (secondary N) is 3. The Labute approximate surface area is 176 Å². The monoisotopic (exact) mass is 398 g/mol. The molecule has 2 aromatic carbocycles. The van der Waals surface area contributed by atoms with Gasteiger partial charge in [-0.1, -0.05) is 18.2 Å². The smallest absolute Gasteiger partial charge is 0.0988 e. The van der Waals surface area contributed by atoms with Crippen molar-refractivity contribution < 1.29 is 5.11 Å². The molecule has 5 nitrogen and oxygen atoms in total. The zero-order chi connectivity index (χ0) is 20.3. The van der Waals surface area contributed by atoms with E-state index in [1.54, 1.807) is 6.20 Å². The third kappa shape index (κ3) is 4.16. The summed E-state index contributed by atoms with van der Waals surface area (Å²) in [4.78, 5) is 7.66. The molecule has 1 aliphatic rings. The number of hydrogen-bond acceptors (Lipinski definition) is 4. The van der Waals surface area contributed by atoms with E-state index in [4.69, 9.17) is 0 Å². The SMILES string of the molecule is OC(c1cc(Nc2ccc(NCCc3c[nH]c4ccccc34)cc2)ccn1)C1CC1. The third-order valence-corrected chi connectivity index (χ3v) is 5.72. The first-order valence-electron chi connectivity index (χ1n) is 10.6. The number of benzene rings is 2. The zero-order valence-corrected chi connectivity index (χ0v) is 16.8. The summed E-state index contributed by atoms with van der Waals surface area (Å²) in [7, 11) is 0. The van der Waals surface area contributed by atoms with Crippen molar-refractivity contribution in [2.24, 2.45) is 5.92 Å². The van der Waals surface area contributed by atoms with Crippen LogP contribution in [0.4, 0.5) is 17.1 Å². The van der Waals surface area contributed by atoms with Gasteiger partial charge < -0.3 is 20.7 Å². The molecule has 2 heterocycles. The van der Waals surface area contributed by atoms with E-state index in [9.17, 15) is 5.11 Å². The maximum absolute atomic E-state index is 10.3. The van der Waals surface area contributed by atoms with Crippen LogP contribution in [0.2, 0.25) is 0 Å². The van der Waals surface area contributed by atoms with Crippen molar-refractivity contribution in [1.82, 2.24) is 9.97 Å². The summed E-state index contributed by atoms with van der Waals surface area (Å²) in [6, 6.07) is 20.6. The molecule has 1 aliphatic carbocycles. The Morgan fingerprint density at radius 1 is 1.00 bits per heavy atom. The van der Waals surface area contributed by atoms with Gasteiger partial charge in [-0.15, -0.1) is 0 Å². The molecule has 5 rings (SSSR count). The second-order valence-corrected chi connectivity index (χ2v) is 7.99. The highest BCUT2D eigenvalue weighted by molar-refractivity contribution is 5.83. The fraction of sp³-hybridized carbons (Fsp3) is 0.240. The van der Waals surface area contributed by atoms with Gasteiger partial charge in [0.2, 0.25) is 0 Å². The molecule has 0 aliphatic heterocycles. The van der Waals surface area contributed by atoms with Gasteiger partial charge in [-0.2, -0.15) is 0 Å². The number of para-hydroxylation sites is 1. The van der Waals surface area contributed by atoms with Gasteiger partial charge in [-0.05, 0) is 73.2 Å². The van der Waals surface area contributed by atoms with Gasteiger partial charge >= 0.3 is 0 Å². The Morgan fingerprint density at radius 3 is 2.63 bits per heavy atom. The maximum atomic E-state index is 10.3. The lowest BCUT2D eigenvalue weighted by Crippen LogP contribution is -2.04. The number of hydrogen-bond donors (Lipinski definition) is 4. The number of nitrogens with zero attached hydrogens (tertiary/aromatic N) is 1. The molecule has 1 fully saturated rings. The van der Waals surface area contributed by atoms with Crippen LogP contribution in [-0.4, -0.2) is 21.6 Å². The standard InChI is InChI=1S/C25H26N4O/c30-25(17-5-6-17)24-15-21(12-14-27-24)29-20-9-7-19(8-10-20)26-13-11-18-16-28-23-4-2-1-3-22(18)23/h1-4,7-10,12,14-17,25-26,28,30H,5-6,11,13H2,(H,27,29). The van der Waals surface area contributed by atoms with Gasteiger partial charge in [0.25, 0.3) is 0 Å². The predicted octanol–water partition coefficient (Wildman–Crippen LogP) is 5.40. The Hall–Kier alpha value is -3.31. The lowest BCUT2D eigenvalue weighted by molar-refractivity contribution is 0.149. The van der Waals surface area contributed by atoms with Gasteiger partial charge in [0.15, 0.2) is 0 Å². The topological polar surface area (TPSA) is 73.0 Å². The molecule has 0 radical (unpaired) electrons. The molecule has 0 bridgehead atoms. The van der Waals surface area contributed by atoms with Crippen molar-refractivity contribution in [1.29, 1.82) is 0 Å². The second-order valence-electron chi connectivity index (χ2n) is 7.99. The number of rotatable bonds is 8. The Balaban J connectivity index is 1.17. The molecule has 4 N–H and O–H groups in total. The highest BCUT2D eigenvalue weighted by Gasteiger charge is 2.31. The van der Waals surface area contributed by atoms with E-state index in [0.717, 1.165) is 48.6 Å². The highest BCUT2D eigenvalue weighted by Crippen LogP contribution is 2.40. The lowest BCUT2D eigenvalue weighted by Gasteiger charge is -2.12. The van der Waals surface area contributed by atoms with Crippen molar-refractivity contribution in [2.45, 2.75) is 25.4 Å². The molecule has 2 aromatic heterocycles. The van der Waals surface area contributed by atoms with E-state index in [2.05, 4.69) is 75.3 Å². The van der Waals surface area contributed by atoms with Crippen molar-refractivity contribution in [2.75, 3.05) is 17.2 Å². The summed E-state index contributed by atoms with van der Waals surface area (Å²) < 4.78 is 0. The number of H-pyrrole nitrogens is 1. The molecular formula is C25H26N4O. The van der Waals surface area contributed by atoms with E-state index < -0.39 is 6.10 Å². The molecule has 1 saturated carbocycles. The molecule has 1 unspecified atom stereocenters. The van der Waals surface area contributed by atoms with E-state index in [0.29, 0.717) is 5.92 Å². The van der Waals surface area contributed by atoms with Gasteiger partial charge in [0.05, 0.1) is 11.8 Å². The molecule has 5 heteroatoms. The number of anilines is 3. The van der Waals surface area contributed by atoms with Crippen LogP contribution in [0.25, 0.3) is 10.9 Å². The summed E-state index contributed by atoms with van der Waals surface area (Å²) in [5.74, 6) is 0.377. The maximum Gasteiger partial charge on any atom is 0.0988 e. The lowest BCUT2D eigenvalue weighted by atomic mass is 10.1. The summed E-state index contributed by atoms with van der Waals surface area (Å²) in [5, 5.41) is 18.5. The number of aliphatic hydroxyl groups excluding tert-OH is 1. The first-order valence-corrected chi connectivity index (χ1v) is 10.6. The quantitative estimate of drug-likeness (QED) is 0.320. The van der Waals surface area contributed by atoms with E-state index >= 15 is 0 Å². The van der Waals surface area contributed by atoms with Crippen LogP contribution in [0.1, 0.15) is 30.2 Å². The van der Waals surface area contributed by atoms with Gasteiger partial charge in [-0.25, -0.2) is 0 Å². The fourth-order valence-corrected chi connectivity index (χ4v) is 3.86. The number of fused-ring (bicyclic) bond motifs is 1. The molecule has 0 spiro atoms. The Kier molecular flexibility index (Phi) is 5.11. The highest BCUT2D eigenvalue weighted by atomic mass is 16.3. The van der Waals surface area contributed by atoms with Crippen LogP contribution < -0.4 is 10.6 Å². The summed E-state index contributed by atoms with van der Waals surface area (Å²) in [6.07, 6.45) is 6.56. The zero-order valence-electron chi connectivity index (χ0n) is 16.8. The molecule has 0 saturated heterocycles. The van der Waals surface area contributed by atoms with Crippen molar-refractivity contribution in [3.63, 3.8) is 0 Å². The van der Waals surface area contributed by atoms with Gasteiger partial charge in [0.1, 0.15) is 0 Å². The summed E-state index contributed by atoms with van der Waals surface area (Å²) in [5.41, 5.74) is 6.32. The number of aromatic amines is 1. The number of pyridine rings is 1. The fourth-order valence-electron chi connectivity index (χ4n) is 3.86. The predicted molar refractivity (Wildman–Crippen MR) is 122 cm³/mol. The average Bonchev–Trinajstić information content (AvgIpc) is 3.56. The van der Waals surface area contributed by atoms with Crippen LogP contribution in [0, 0.1) is 5.92 Å². The van der Waals surface area contributed by atoms with Crippen molar-refractivity contribution in [3.05, 3.63) is 84.3 Å². The van der Waals surface area contributed by atoms with Gasteiger partial charge in [0, 0.05) is 46.9 Å². The van der Waals surface area contributed by atoms with Crippen LogP contribution in [0.3, 0.4) is 0 Å². The summed E-state index contributed by atoms with van der Waals surface area (Å²) in [6.45, 7) is 0.876. The second kappa shape index (κ2) is 8.20. The van der Waals surface area contributed by atoms with Crippen molar-refractivity contribution in [3.8, 4) is 0 Å². The minimum absolute atomic E-state index is 0.377. The van der Waals surface area contributed by atoms with Crippen LogP contribution >= 0.6 is 0 Å². The molecule has 4 aromatic rings. The summed E-state index contributed by atoms with van der Waals surface area (Å²) >= 11 is 0. The molecule has 0 amide bonds. The van der Waals surface area contributed by atoms with E-state index in [1.165, 1.54) is 16.5 Å². The van der Waals surface area contributed by atoms with Crippen LogP contribution in [-0.2, 0) is 6.42 Å². The number of aromatic nitrogens is 2. The molecule has 1 atom stereocenters. The normalized spacial score (nSPS) is 14.6. The van der Waals surface area contributed by atoms with E-state index in [-0.39, 0.29) is 0 Å². The number of aliphatic hydroxyl groups is 1. The van der Waals surface area contributed by atoms with Crippen molar-refractivity contribution >= 4 is 28.0 Å². The molecular weight excluding hydrogens is 372 g/mol. The Morgan fingerprint density at radius 2 is 1.80 bits per heavy atom. The minimum Gasteiger partial charge on any atom is -0.387 e. The average molecular weight is 399 g/mol. The van der Waals surface area contributed by atoms with Crippen LogP contribution in [0.15, 0.2) is 73.1 Å². The minimum atomic E-state index is -0.449. The first kappa shape index (κ1) is 18.7. The first-order chi connectivity index (χ1) is 14.8. The largest absolute Gasteiger partial charge is 0.387 e. The molecule has 30 heavy (non-hydrogen) atoms.